The summed E-state index contributed by atoms with van der Waals surface area (Å²) in [6, 6.07) is 0. The second kappa shape index (κ2) is 9.30. The maximum atomic E-state index is 10.2. The van der Waals surface area contributed by atoms with Crippen molar-refractivity contribution in [2.45, 2.75) is 109 Å². The molecule has 30 heavy (non-hydrogen) atoms. The Hall–Kier alpha value is -0.900. The Bertz CT molecular complexity index is 656. The van der Waals surface area contributed by atoms with E-state index in [1.165, 1.54) is 37.7 Å². The SMILES string of the molecule is C=C1C(O)CC(CC=C2CCCC3(C)C(C(=C)CCCC(C)(C)O)CCC23)CC1O. The van der Waals surface area contributed by atoms with E-state index in [2.05, 4.69) is 26.2 Å². The van der Waals surface area contributed by atoms with Gasteiger partial charge in [-0.3, -0.25) is 0 Å². The Morgan fingerprint density at radius 1 is 1.20 bits per heavy atom. The third-order valence-corrected chi connectivity index (χ3v) is 8.43. The molecular formula is C27H44O3. The van der Waals surface area contributed by atoms with Gasteiger partial charge in [0, 0.05) is 0 Å². The van der Waals surface area contributed by atoms with E-state index in [1.807, 2.05) is 13.8 Å². The van der Waals surface area contributed by atoms with Crippen LogP contribution < -0.4 is 0 Å². The molecule has 3 saturated carbocycles. The number of hydrogen-bond donors (Lipinski definition) is 3. The topological polar surface area (TPSA) is 60.7 Å². The molecule has 0 amide bonds. The quantitative estimate of drug-likeness (QED) is 0.466. The Balaban J connectivity index is 1.62. The minimum absolute atomic E-state index is 0.315. The number of allylic oxidation sites excluding steroid dienone is 3. The van der Waals surface area contributed by atoms with Crippen LogP contribution in [-0.4, -0.2) is 33.1 Å². The summed E-state index contributed by atoms with van der Waals surface area (Å²) in [7, 11) is 0. The van der Waals surface area contributed by atoms with Crippen molar-refractivity contribution >= 4 is 0 Å². The molecule has 5 unspecified atom stereocenters. The maximum Gasteiger partial charge on any atom is 0.0775 e. The molecule has 0 radical (unpaired) electrons. The van der Waals surface area contributed by atoms with Crippen LogP contribution >= 0.6 is 0 Å². The lowest BCUT2D eigenvalue weighted by molar-refractivity contribution is 0.0680. The highest BCUT2D eigenvalue weighted by atomic mass is 16.3. The van der Waals surface area contributed by atoms with Gasteiger partial charge in [0.15, 0.2) is 0 Å². The molecule has 170 valence electrons. The summed E-state index contributed by atoms with van der Waals surface area (Å²) in [6.45, 7) is 14.6. The van der Waals surface area contributed by atoms with E-state index in [1.54, 1.807) is 5.57 Å². The number of fused-ring (bicyclic) bond motifs is 1. The van der Waals surface area contributed by atoms with E-state index in [4.69, 9.17) is 0 Å². The van der Waals surface area contributed by atoms with Crippen molar-refractivity contribution in [2.75, 3.05) is 0 Å². The predicted molar refractivity (Wildman–Crippen MR) is 124 cm³/mol. The zero-order valence-corrected chi connectivity index (χ0v) is 19.5. The lowest BCUT2D eigenvalue weighted by atomic mass is 9.61. The van der Waals surface area contributed by atoms with E-state index >= 15 is 0 Å². The fraction of sp³-hybridized carbons (Fsp3) is 0.778. The Morgan fingerprint density at radius 3 is 2.50 bits per heavy atom. The Morgan fingerprint density at radius 2 is 1.87 bits per heavy atom. The smallest absolute Gasteiger partial charge is 0.0775 e. The molecule has 3 heteroatoms. The van der Waals surface area contributed by atoms with Gasteiger partial charge in [-0.25, -0.2) is 0 Å². The second-order valence-corrected chi connectivity index (χ2v) is 11.3. The monoisotopic (exact) mass is 416 g/mol. The summed E-state index contributed by atoms with van der Waals surface area (Å²) in [5.74, 6) is 1.58. The van der Waals surface area contributed by atoms with Crippen molar-refractivity contribution in [3.63, 3.8) is 0 Å². The molecule has 0 spiro atoms. The molecule has 3 N–H and O–H groups in total. The summed E-state index contributed by atoms with van der Waals surface area (Å²) in [6.07, 6.45) is 12.8. The van der Waals surface area contributed by atoms with Crippen molar-refractivity contribution in [3.05, 3.63) is 36.0 Å². The average Bonchev–Trinajstić information content (AvgIpc) is 3.00. The Kier molecular flexibility index (Phi) is 7.37. The first-order valence-corrected chi connectivity index (χ1v) is 12.1. The van der Waals surface area contributed by atoms with Crippen LogP contribution in [0.5, 0.6) is 0 Å². The van der Waals surface area contributed by atoms with Gasteiger partial charge < -0.3 is 15.3 Å². The number of aliphatic hydroxyl groups is 3. The fourth-order valence-corrected chi connectivity index (χ4v) is 6.64. The zero-order valence-electron chi connectivity index (χ0n) is 19.5. The standard InChI is InChI=1S/C27H44O3/c1-18(8-6-14-26(3,4)30)22-12-13-23-21(9-7-15-27(22,23)5)11-10-20-16-24(28)19(2)25(29)17-20/h11,20,22-25,28-30H,1-2,6-10,12-17H2,3-5H3. The minimum atomic E-state index is -0.588. The molecule has 0 aromatic carbocycles. The van der Waals surface area contributed by atoms with Gasteiger partial charge in [0.1, 0.15) is 0 Å². The highest BCUT2D eigenvalue weighted by molar-refractivity contribution is 5.23. The lowest BCUT2D eigenvalue weighted by Crippen LogP contribution is -2.34. The van der Waals surface area contributed by atoms with Crippen LogP contribution in [0.15, 0.2) is 36.0 Å². The van der Waals surface area contributed by atoms with Crippen molar-refractivity contribution < 1.29 is 15.3 Å². The van der Waals surface area contributed by atoms with Gasteiger partial charge in [-0.15, -0.1) is 0 Å². The molecule has 0 saturated heterocycles. The van der Waals surface area contributed by atoms with Crippen LogP contribution in [0.1, 0.15) is 91.4 Å². The summed E-state index contributed by atoms with van der Waals surface area (Å²) < 4.78 is 0. The second-order valence-electron chi connectivity index (χ2n) is 11.3. The van der Waals surface area contributed by atoms with Crippen LogP contribution in [0.3, 0.4) is 0 Å². The van der Waals surface area contributed by atoms with Gasteiger partial charge in [-0.1, -0.05) is 37.3 Å². The van der Waals surface area contributed by atoms with Crippen LogP contribution in [0.4, 0.5) is 0 Å². The van der Waals surface area contributed by atoms with E-state index in [-0.39, 0.29) is 0 Å². The average molecular weight is 417 g/mol. The minimum Gasteiger partial charge on any atom is -0.390 e. The van der Waals surface area contributed by atoms with Gasteiger partial charge in [0.05, 0.1) is 17.8 Å². The van der Waals surface area contributed by atoms with E-state index in [9.17, 15) is 15.3 Å². The molecular weight excluding hydrogens is 372 g/mol. The van der Waals surface area contributed by atoms with E-state index in [0.29, 0.717) is 28.7 Å². The fourth-order valence-electron chi connectivity index (χ4n) is 6.64. The molecule has 0 bridgehead atoms. The zero-order chi connectivity index (χ0) is 22.1. The summed E-state index contributed by atoms with van der Waals surface area (Å²) in [4.78, 5) is 0. The normalized spacial score (nSPS) is 38.7. The summed E-state index contributed by atoms with van der Waals surface area (Å²) in [5.41, 5.74) is 3.32. The van der Waals surface area contributed by atoms with Gasteiger partial charge in [0.2, 0.25) is 0 Å². The van der Waals surface area contributed by atoms with Crippen LogP contribution in [0.25, 0.3) is 0 Å². The molecule has 5 atom stereocenters. The van der Waals surface area contributed by atoms with Crippen LogP contribution in [0, 0.1) is 23.2 Å². The van der Waals surface area contributed by atoms with Crippen molar-refractivity contribution in [1.29, 1.82) is 0 Å². The Labute approximate surface area is 184 Å². The lowest BCUT2D eigenvalue weighted by Gasteiger charge is -2.43. The van der Waals surface area contributed by atoms with Crippen LogP contribution in [-0.2, 0) is 0 Å². The molecule has 3 rings (SSSR count). The highest BCUT2D eigenvalue weighted by Crippen LogP contribution is 2.59. The van der Waals surface area contributed by atoms with Crippen molar-refractivity contribution in [3.8, 4) is 0 Å². The molecule has 3 fully saturated rings. The summed E-state index contributed by atoms with van der Waals surface area (Å²) in [5, 5.41) is 30.3. The molecule has 3 nitrogen and oxygen atoms in total. The van der Waals surface area contributed by atoms with Gasteiger partial charge >= 0.3 is 0 Å². The first kappa shape index (κ1) is 23.8. The first-order valence-electron chi connectivity index (χ1n) is 12.1. The first-order chi connectivity index (χ1) is 14.0. The molecule has 0 heterocycles. The van der Waals surface area contributed by atoms with E-state index in [0.717, 1.165) is 38.5 Å². The van der Waals surface area contributed by atoms with Gasteiger partial charge in [-0.05, 0) is 113 Å². The highest BCUT2D eigenvalue weighted by Gasteiger charge is 2.49. The van der Waals surface area contributed by atoms with E-state index < -0.39 is 17.8 Å². The van der Waals surface area contributed by atoms with Gasteiger partial charge in [-0.2, -0.15) is 0 Å². The molecule has 0 aromatic heterocycles. The molecule has 0 aliphatic heterocycles. The maximum absolute atomic E-state index is 10.2. The third-order valence-electron chi connectivity index (χ3n) is 8.43. The van der Waals surface area contributed by atoms with Crippen molar-refractivity contribution in [2.24, 2.45) is 23.2 Å². The predicted octanol–water partition coefficient (Wildman–Crippen LogP) is 5.70. The van der Waals surface area contributed by atoms with Crippen LogP contribution in [0.2, 0.25) is 0 Å². The summed E-state index contributed by atoms with van der Waals surface area (Å²) >= 11 is 0. The largest absolute Gasteiger partial charge is 0.390 e. The van der Waals surface area contributed by atoms with Crippen molar-refractivity contribution in [1.82, 2.24) is 0 Å². The van der Waals surface area contributed by atoms with Gasteiger partial charge in [0.25, 0.3) is 0 Å². The molecule has 0 aromatic rings. The molecule has 3 aliphatic carbocycles. The molecule has 3 aliphatic rings. The number of rotatable bonds is 7. The number of hydrogen-bond acceptors (Lipinski definition) is 3. The number of aliphatic hydroxyl groups excluding tert-OH is 2. The third kappa shape index (κ3) is 5.29.